The number of anilines is 1. The van der Waals surface area contributed by atoms with Crippen molar-refractivity contribution in [1.82, 2.24) is 9.44 Å². The molecular formula is C10H16FN3O5S2. The van der Waals surface area contributed by atoms with Gasteiger partial charge in [-0.1, -0.05) is 0 Å². The minimum Gasteiger partial charge on any atom is -0.492 e. The molecule has 0 fully saturated rings. The molecule has 0 aliphatic heterocycles. The number of hydrogen-bond donors (Lipinski definition) is 3. The number of nitrogens with two attached hydrogens (primary N) is 1. The van der Waals surface area contributed by atoms with Crippen LogP contribution in [0.15, 0.2) is 17.0 Å². The number of benzene rings is 1. The van der Waals surface area contributed by atoms with E-state index < -0.39 is 36.5 Å². The third-order valence-electron chi connectivity index (χ3n) is 2.53. The van der Waals surface area contributed by atoms with Crippen molar-refractivity contribution < 1.29 is 26.0 Å². The van der Waals surface area contributed by atoms with Crippen molar-refractivity contribution in [2.75, 3.05) is 32.2 Å². The Bertz CT molecular complexity index is 695. The number of hydrogen-bond acceptors (Lipinski definition) is 6. The molecule has 0 aromatic heterocycles. The first-order valence-electron chi connectivity index (χ1n) is 5.67. The summed E-state index contributed by atoms with van der Waals surface area (Å²) in [7, 11) is -5.22. The monoisotopic (exact) mass is 341 g/mol. The lowest BCUT2D eigenvalue weighted by atomic mass is 10.3. The summed E-state index contributed by atoms with van der Waals surface area (Å²) >= 11 is 0. The van der Waals surface area contributed by atoms with Crippen LogP contribution in [0.1, 0.15) is 0 Å². The topological polar surface area (TPSA) is 128 Å². The zero-order valence-corrected chi connectivity index (χ0v) is 13.0. The first-order chi connectivity index (χ1) is 9.63. The van der Waals surface area contributed by atoms with E-state index >= 15 is 0 Å². The van der Waals surface area contributed by atoms with Crippen LogP contribution in [0.5, 0.6) is 5.75 Å². The molecule has 0 aliphatic rings. The van der Waals surface area contributed by atoms with E-state index in [4.69, 9.17) is 5.73 Å². The van der Waals surface area contributed by atoms with E-state index in [1.165, 1.54) is 14.2 Å². The van der Waals surface area contributed by atoms with Crippen molar-refractivity contribution in [2.45, 2.75) is 4.90 Å². The van der Waals surface area contributed by atoms with Gasteiger partial charge in [-0.3, -0.25) is 0 Å². The van der Waals surface area contributed by atoms with Gasteiger partial charge in [0.2, 0.25) is 20.0 Å². The second-order valence-corrected chi connectivity index (χ2v) is 7.76. The SMILES string of the molecule is CNS(=O)(=O)CCNS(=O)(=O)c1cc(N)c(OC)c(F)c1. The summed E-state index contributed by atoms with van der Waals surface area (Å²) in [5.41, 5.74) is 5.31. The number of nitrogen functional groups attached to an aromatic ring is 1. The summed E-state index contributed by atoms with van der Waals surface area (Å²) in [5, 5.41) is 0. The van der Waals surface area contributed by atoms with Crippen molar-refractivity contribution in [1.29, 1.82) is 0 Å². The summed E-state index contributed by atoms with van der Waals surface area (Å²) in [4.78, 5) is -0.417. The molecule has 120 valence electrons. The van der Waals surface area contributed by atoms with E-state index in [1.807, 2.05) is 9.44 Å². The van der Waals surface area contributed by atoms with Gasteiger partial charge in [0.1, 0.15) is 0 Å². The highest BCUT2D eigenvalue weighted by Crippen LogP contribution is 2.28. The van der Waals surface area contributed by atoms with E-state index in [0.717, 1.165) is 12.1 Å². The van der Waals surface area contributed by atoms with Crippen LogP contribution >= 0.6 is 0 Å². The molecular weight excluding hydrogens is 325 g/mol. The predicted octanol–water partition coefficient (Wildman–Crippen LogP) is -0.756. The van der Waals surface area contributed by atoms with E-state index in [0.29, 0.717) is 0 Å². The Balaban J connectivity index is 2.94. The molecule has 1 aromatic carbocycles. The molecule has 4 N–H and O–H groups in total. The molecule has 8 nitrogen and oxygen atoms in total. The van der Waals surface area contributed by atoms with E-state index in [2.05, 4.69) is 4.74 Å². The molecule has 0 aliphatic carbocycles. The number of nitrogens with one attached hydrogen (secondary N) is 2. The average Bonchev–Trinajstić information content (AvgIpc) is 2.37. The van der Waals surface area contributed by atoms with Crippen molar-refractivity contribution in [2.24, 2.45) is 0 Å². The van der Waals surface area contributed by atoms with Crippen LogP contribution in [0.2, 0.25) is 0 Å². The molecule has 21 heavy (non-hydrogen) atoms. The molecule has 11 heteroatoms. The van der Waals surface area contributed by atoms with Gasteiger partial charge >= 0.3 is 0 Å². The summed E-state index contributed by atoms with van der Waals surface area (Å²) in [5.74, 6) is -1.64. The van der Waals surface area contributed by atoms with E-state index in [-0.39, 0.29) is 18.0 Å². The number of halogens is 1. The quantitative estimate of drug-likeness (QED) is 0.560. The van der Waals surface area contributed by atoms with Gasteiger partial charge in [-0.25, -0.2) is 30.7 Å². The fourth-order valence-electron chi connectivity index (χ4n) is 1.46. The summed E-state index contributed by atoms with van der Waals surface area (Å²) in [6, 6.07) is 1.76. The lowest BCUT2D eigenvalue weighted by Crippen LogP contribution is -2.33. The minimum atomic E-state index is -4.08. The molecule has 0 saturated heterocycles. The van der Waals surface area contributed by atoms with Gasteiger partial charge in [0.25, 0.3) is 0 Å². The molecule has 0 radical (unpaired) electrons. The van der Waals surface area contributed by atoms with E-state index in [1.54, 1.807) is 0 Å². The lowest BCUT2D eigenvalue weighted by Gasteiger charge is -2.10. The number of rotatable bonds is 7. The van der Waals surface area contributed by atoms with Crippen LogP contribution in [-0.4, -0.2) is 43.3 Å². The molecule has 1 aromatic rings. The molecule has 0 unspecified atom stereocenters. The van der Waals surface area contributed by atoms with Crippen molar-refractivity contribution >= 4 is 25.7 Å². The molecule has 0 heterocycles. The maximum absolute atomic E-state index is 13.6. The van der Waals surface area contributed by atoms with Gasteiger partial charge in [-0.15, -0.1) is 0 Å². The molecule has 0 bridgehead atoms. The van der Waals surface area contributed by atoms with Gasteiger partial charge in [0, 0.05) is 6.54 Å². The molecule has 0 spiro atoms. The highest BCUT2D eigenvalue weighted by Gasteiger charge is 2.19. The fourth-order valence-corrected chi connectivity index (χ4v) is 3.24. The molecule has 0 saturated carbocycles. The second-order valence-electron chi connectivity index (χ2n) is 3.95. The molecule has 0 amide bonds. The number of sulfonamides is 2. The molecule has 0 atom stereocenters. The van der Waals surface area contributed by atoms with Gasteiger partial charge in [0.05, 0.1) is 23.4 Å². The van der Waals surface area contributed by atoms with Crippen LogP contribution in [0.3, 0.4) is 0 Å². The number of ether oxygens (including phenoxy) is 1. The first-order valence-corrected chi connectivity index (χ1v) is 8.80. The third kappa shape index (κ3) is 4.52. The summed E-state index contributed by atoms with van der Waals surface area (Å²) in [6.07, 6.45) is 0. The van der Waals surface area contributed by atoms with Crippen LogP contribution < -0.4 is 19.9 Å². The van der Waals surface area contributed by atoms with Crippen LogP contribution in [0.25, 0.3) is 0 Å². The smallest absolute Gasteiger partial charge is 0.240 e. The fraction of sp³-hybridized carbons (Fsp3) is 0.400. The Kier molecular flexibility index (Phi) is 5.50. The van der Waals surface area contributed by atoms with Crippen molar-refractivity contribution in [3.63, 3.8) is 0 Å². The Morgan fingerprint density at radius 3 is 2.38 bits per heavy atom. The van der Waals surface area contributed by atoms with Crippen LogP contribution in [-0.2, 0) is 20.0 Å². The highest BCUT2D eigenvalue weighted by atomic mass is 32.2. The van der Waals surface area contributed by atoms with Crippen molar-refractivity contribution in [3.05, 3.63) is 17.9 Å². The van der Waals surface area contributed by atoms with Crippen LogP contribution in [0, 0.1) is 5.82 Å². The predicted molar refractivity (Wildman–Crippen MR) is 75.4 cm³/mol. The Hall–Kier alpha value is -1.43. The summed E-state index contributed by atoms with van der Waals surface area (Å²) < 4.78 is 68.6. The normalized spacial score (nSPS) is 12.3. The molecule has 1 rings (SSSR count). The Morgan fingerprint density at radius 2 is 1.90 bits per heavy atom. The lowest BCUT2D eigenvalue weighted by molar-refractivity contribution is 0.388. The van der Waals surface area contributed by atoms with Gasteiger partial charge < -0.3 is 10.5 Å². The maximum atomic E-state index is 13.6. The van der Waals surface area contributed by atoms with Crippen LogP contribution in [0.4, 0.5) is 10.1 Å². The average molecular weight is 341 g/mol. The zero-order chi connectivity index (χ0) is 16.3. The highest BCUT2D eigenvalue weighted by molar-refractivity contribution is 7.90. The maximum Gasteiger partial charge on any atom is 0.240 e. The first kappa shape index (κ1) is 17.6. The van der Waals surface area contributed by atoms with Gasteiger partial charge in [0.15, 0.2) is 11.6 Å². The number of methoxy groups -OCH3 is 1. The van der Waals surface area contributed by atoms with E-state index in [9.17, 15) is 21.2 Å². The Morgan fingerprint density at radius 1 is 1.29 bits per heavy atom. The standard InChI is InChI=1S/C10H16FN3O5S2/c1-13-20(15,16)4-3-14-21(17,18)7-5-8(11)10(19-2)9(12)6-7/h5-6,13-14H,3-4,12H2,1-2H3. The third-order valence-corrected chi connectivity index (χ3v) is 5.34. The van der Waals surface area contributed by atoms with Gasteiger partial charge in [-0.2, -0.15) is 0 Å². The second kappa shape index (κ2) is 6.56. The zero-order valence-electron chi connectivity index (χ0n) is 11.4. The van der Waals surface area contributed by atoms with Crippen molar-refractivity contribution in [3.8, 4) is 5.75 Å². The van der Waals surface area contributed by atoms with Gasteiger partial charge in [-0.05, 0) is 19.2 Å². The largest absolute Gasteiger partial charge is 0.492 e. The Labute approximate surface area is 122 Å². The minimum absolute atomic E-state index is 0.180. The summed E-state index contributed by atoms with van der Waals surface area (Å²) in [6.45, 7) is -0.362.